The maximum atomic E-state index is 11.8. The minimum atomic E-state index is -3.59. The summed E-state index contributed by atoms with van der Waals surface area (Å²) in [7, 11) is -2.27. The van der Waals surface area contributed by atoms with Crippen molar-refractivity contribution in [2.24, 2.45) is 0 Å². The standard InChI is InChI=1S/C13H22N4O3S/c1-8(2)16-13(18)9(3)17-10-5-6-12(11(14)7-10)21(19,20)15-4/h5-9,15,17H,14H2,1-4H3,(H,16,18). The van der Waals surface area contributed by atoms with Crippen LogP contribution < -0.4 is 21.1 Å². The molecule has 0 aromatic heterocycles. The van der Waals surface area contributed by atoms with Crippen molar-refractivity contribution >= 4 is 27.3 Å². The van der Waals surface area contributed by atoms with Gasteiger partial charge in [0.15, 0.2) is 0 Å². The van der Waals surface area contributed by atoms with Crippen LogP contribution in [-0.4, -0.2) is 33.5 Å². The number of nitrogens with two attached hydrogens (primary N) is 1. The molecule has 0 aliphatic carbocycles. The number of rotatable bonds is 6. The van der Waals surface area contributed by atoms with Crippen LogP contribution in [0.3, 0.4) is 0 Å². The van der Waals surface area contributed by atoms with Gasteiger partial charge in [0.25, 0.3) is 0 Å². The normalized spacial score (nSPS) is 13.0. The SMILES string of the molecule is CNS(=O)(=O)c1ccc(NC(C)C(=O)NC(C)C)cc1N. The van der Waals surface area contributed by atoms with Crippen molar-refractivity contribution in [3.63, 3.8) is 0 Å². The van der Waals surface area contributed by atoms with Crippen LogP contribution in [0.25, 0.3) is 0 Å². The molecule has 118 valence electrons. The molecule has 1 amide bonds. The van der Waals surface area contributed by atoms with Gasteiger partial charge in [0, 0.05) is 11.7 Å². The fraction of sp³-hybridized carbons (Fsp3) is 0.462. The molecular weight excluding hydrogens is 292 g/mol. The minimum absolute atomic E-state index is 0.00911. The molecule has 1 aromatic carbocycles. The van der Waals surface area contributed by atoms with E-state index in [-0.39, 0.29) is 22.5 Å². The fourth-order valence-electron chi connectivity index (χ4n) is 1.72. The summed E-state index contributed by atoms with van der Waals surface area (Å²) in [5, 5.41) is 5.76. The van der Waals surface area contributed by atoms with E-state index in [9.17, 15) is 13.2 Å². The van der Waals surface area contributed by atoms with Gasteiger partial charge in [-0.25, -0.2) is 13.1 Å². The van der Waals surface area contributed by atoms with Crippen molar-refractivity contribution in [1.29, 1.82) is 0 Å². The van der Waals surface area contributed by atoms with E-state index in [0.717, 1.165) is 0 Å². The smallest absolute Gasteiger partial charge is 0.242 e. The molecule has 0 fully saturated rings. The van der Waals surface area contributed by atoms with Gasteiger partial charge in [0.1, 0.15) is 10.9 Å². The van der Waals surface area contributed by atoms with E-state index in [1.807, 2.05) is 13.8 Å². The van der Waals surface area contributed by atoms with Crippen LogP contribution in [-0.2, 0) is 14.8 Å². The predicted molar refractivity (Wildman–Crippen MR) is 83.5 cm³/mol. The molecule has 8 heteroatoms. The summed E-state index contributed by atoms with van der Waals surface area (Å²) in [5.74, 6) is -0.143. The summed E-state index contributed by atoms with van der Waals surface area (Å²) in [4.78, 5) is 11.8. The van der Waals surface area contributed by atoms with Crippen molar-refractivity contribution < 1.29 is 13.2 Å². The second-order valence-electron chi connectivity index (χ2n) is 4.99. The number of anilines is 2. The van der Waals surface area contributed by atoms with E-state index in [0.29, 0.717) is 5.69 Å². The van der Waals surface area contributed by atoms with Gasteiger partial charge < -0.3 is 16.4 Å². The Hall–Kier alpha value is -1.80. The van der Waals surface area contributed by atoms with E-state index in [1.165, 1.54) is 19.2 Å². The minimum Gasteiger partial charge on any atom is -0.398 e. The number of benzene rings is 1. The molecule has 1 aromatic rings. The molecule has 0 saturated heterocycles. The molecule has 7 nitrogen and oxygen atoms in total. The van der Waals surface area contributed by atoms with E-state index < -0.39 is 16.1 Å². The Morgan fingerprint density at radius 1 is 1.24 bits per heavy atom. The van der Waals surface area contributed by atoms with Gasteiger partial charge in [-0.2, -0.15) is 0 Å². The summed E-state index contributed by atoms with van der Waals surface area (Å²) in [6.07, 6.45) is 0. The monoisotopic (exact) mass is 314 g/mol. The molecule has 0 saturated carbocycles. The largest absolute Gasteiger partial charge is 0.398 e. The summed E-state index contributed by atoms with van der Waals surface area (Å²) in [6.45, 7) is 5.46. The molecule has 0 bridgehead atoms. The van der Waals surface area contributed by atoms with Crippen molar-refractivity contribution in [2.45, 2.75) is 37.8 Å². The van der Waals surface area contributed by atoms with E-state index in [1.54, 1.807) is 13.0 Å². The number of nitrogen functional groups attached to an aromatic ring is 1. The number of sulfonamides is 1. The maximum Gasteiger partial charge on any atom is 0.242 e. The molecule has 0 aliphatic rings. The molecule has 1 unspecified atom stereocenters. The van der Waals surface area contributed by atoms with Crippen molar-refractivity contribution in [1.82, 2.24) is 10.0 Å². The van der Waals surface area contributed by atoms with Crippen LogP contribution >= 0.6 is 0 Å². The Morgan fingerprint density at radius 2 is 1.86 bits per heavy atom. The van der Waals surface area contributed by atoms with Gasteiger partial charge in [-0.05, 0) is 46.0 Å². The zero-order valence-corrected chi connectivity index (χ0v) is 13.4. The van der Waals surface area contributed by atoms with Gasteiger partial charge in [-0.1, -0.05) is 0 Å². The number of hydrogen-bond acceptors (Lipinski definition) is 5. The number of nitrogens with one attached hydrogen (secondary N) is 3. The fourth-order valence-corrected chi connectivity index (χ4v) is 2.55. The third-order valence-corrected chi connectivity index (χ3v) is 4.26. The van der Waals surface area contributed by atoms with Gasteiger partial charge in [0.05, 0.1) is 5.69 Å². The van der Waals surface area contributed by atoms with Crippen LogP contribution in [0.1, 0.15) is 20.8 Å². The molecule has 5 N–H and O–H groups in total. The second-order valence-corrected chi connectivity index (χ2v) is 6.84. The predicted octanol–water partition coefficient (Wildman–Crippen LogP) is 0.502. The van der Waals surface area contributed by atoms with Gasteiger partial charge in [-0.3, -0.25) is 4.79 Å². The summed E-state index contributed by atoms with van der Waals surface area (Å²) in [5.41, 5.74) is 6.45. The Bertz CT molecular complexity index is 614. The number of hydrogen-bond donors (Lipinski definition) is 4. The molecule has 1 atom stereocenters. The van der Waals surface area contributed by atoms with Crippen LogP contribution in [0, 0.1) is 0 Å². The molecular formula is C13H22N4O3S. The Labute approximate surface area is 125 Å². The van der Waals surface area contributed by atoms with Crippen LogP contribution in [0.4, 0.5) is 11.4 Å². The zero-order valence-electron chi connectivity index (χ0n) is 12.6. The van der Waals surface area contributed by atoms with Gasteiger partial charge in [0.2, 0.25) is 15.9 Å². The third kappa shape index (κ3) is 4.61. The Balaban J connectivity index is 2.88. The van der Waals surface area contributed by atoms with Crippen LogP contribution in [0.2, 0.25) is 0 Å². The molecule has 0 radical (unpaired) electrons. The number of carbonyl (C=O) groups excluding carboxylic acids is 1. The van der Waals surface area contributed by atoms with E-state index >= 15 is 0 Å². The highest BCUT2D eigenvalue weighted by atomic mass is 32.2. The molecule has 0 aliphatic heterocycles. The van der Waals surface area contributed by atoms with Gasteiger partial charge >= 0.3 is 0 Å². The highest BCUT2D eigenvalue weighted by molar-refractivity contribution is 7.89. The zero-order chi connectivity index (χ0) is 16.2. The number of carbonyl (C=O) groups is 1. The highest BCUT2D eigenvalue weighted by Crippen LogP contribution is 2.22. The first kappa shape index (κ1) is 17.3. The van der Waals surface area contributed by atoms with Crippen molar-refractivity contribution in [3.05, 3.63) is 18.2 Å². The van der Waals surface area contributed by atoms with E-state index in [4.69, 9.17) is 5.73 Å². The molecule has 0 spiro atoms. The van der Waals surface area contributed by atoms with Crippen LogP contribution in [0.5, 0.6) is 0 Å². The van der Waals surface area contributed by atoms with Crippen molar-refractivity contribution in [2.75, 3.05) is 18.1 Å². The molecule has 1 rings (SSSR count). The number of amides is 1. The average Bonchev–Trinajstić information content (AvgIpc) is 2.37. The third-order valence-electron chi connectivity index (χ3n) is 2.78. The average molecular weight is 314 g/mol. The lowest BCUT2D eigenvalue weighted by atomic mass is 10.2. The maximum absolute atomic E-state index is 11.8. The van der Waals surface area contributed by atoms with E-state index in [2.05, 4.69) is 15.4 Å². The lowest BCUT2D eigenvalue weighted by molar-refractivity contribution is -0.122. The first-order valence-electron chi connectivity index (χ1n) is 6.57. The quantitative estimate of drug-likeness (QED) is 0.571. The highest BCUT2D eigenvalue weighted by Gasteiger charge is 2.17. The van der Waals surface area contributed by atoms with Crippen molar-refractivity contribution in [3.8, 4) is 0 Å². The first-order chi connectivity index (χ1) is 9.67. The molecule has 0 heterocycles. The van der Waals surface area contributed by atoms with Crippen LogP contribution in [0.15, 0.2) is 23.1 Å². The van der Waals surface area contributed by atoms with Gasteiger partial charge in [-0.15, -0.1) is 0 Å². The summed E-state index contributed by atoms with van der Waals surface area (Å²) < 4.78 is 25.6. The Morgan fingerprint density at radius 3 is 2.33 bits per heavy atom. The molecule has 21 heavy (non-hydrogen) atoms. The summed E-state index contributed by atoms with van der Waals surface area (Å²) >= 11 is 0. The topological polar surface area (TPSA) is 113 Å². The second kappa shape index (κ2) is 6.77. The Kier molecular flexibility index (Phi) is 5.56. The lowest BCUT2D eigenvalue weighted by Gasteiger charge is -2.17. The lowest BCUT2D eigenvalue weighted by Crippen LogP contribution is -2.41. The summed E-state index contributed by atoms with van der Waals surface area (Å²) in [6, 6.07) is 4.05. The first-order valence-corrected chi connectivity index (χ1v) is 8.05.